The molecule has 0 aliphatic rings. The zero-order chi connectivity index (χ0) is 18.8. The van der Waals surface area contributed by atoms with Crippen LogP contribution in [0.5, 0.6) is 0 Å². The SMILES string of the molecule is COC(=O)C(=C\N(C)C)/N=C/C(C(=O)OCc1ccccc1)=C(/C)O. The van der Waals surface area contributed by atoms with Crippen molar-refractivity contribution in [1.82, 2.24) is 4.90 Å². The smallest absolute Gasteiger partial charge is 0.358 e. The summed E-state index contributed by atoms with van der Waals surface area (Å²) in [5.74, 6) is -1.69. The number of methoxy groups -OCH3 is 1. The number of hydrogen-bond acceptors (Lipinski definition) is 7. The fraction of sp³-hybridized carbons (Fsp3) is 0.278. The van der Waals surface area contributed by atoms with E-state index in [-0.39, 0.29) is 23.6 Å². The van der Waals surface area contributed by atoms with Gasteiger partial charge in [0.05, 0.1) is 7.11 Å². The maximum atomic E-state index is 12.2. The summed E-state index contributed by atoms with van der Waals surface area (Å²) in [6, 6.07) is 9.13. The maximum Gasteiger partial charge on any atom is 0.358 e. The number of esters is 2. The number of carbonyl (C=O) groups excluding carboxylic acids is 2. The quantitative estimate of drug-likeness (QED) is 0.352. The van der Waals surface area contributed by atoms with Crippen molar-refractivity contribution in [1.29, 1.82) is 0 Å². The summed E-state index contributed by atoms with van der Waals surface area (Å²) in [4.78, 5) is 29.4. The second kappa shape index (κ2) is 9.92. The first-order chi connectivity index (χ1) is 11.8. The monoisotopic (exact) mass is 346 g/mol. The van der Waals surface area contributed by atoms with Crippen molar-refractivity contribution in [2.24, 2.45) is 4.99 Å². The molecule has 0 unspecified atom stereocenters. The molecule has 0 aliphatic carbocycles. The first-order valence-electron chi connectivity index (χ1n) is 7.46. The van der Waals surface area contributed by atoms with Gasteiger partial charge in [-0.3, -0.25) is 0 Å². The van der Waals surface area contributed by atoms with Gasteiger partial charge in [0.1, 0.15) is 17.9 Å². The molecule has 1 aromatic carbocycles. The van der Waals surface area contributed by atoms with Crippen molar-refractivity contribution in [2.75, 3.05) is 21.2 Å². The summed E-state index contributed by atoms with van der Waals surface area (Å²) in [7, 11) is 4.64. The fourth-order valence-corrected chi connectivity index (χ4v) is 1.72. The Bertz CT molecular complexity index is 687. The molecule has 0 bridgehead atoms. The van der Waals surface area contributed by atoms with Crippen LogP contribution in [0.3, 0.4) is 0 Å². The van der Waals surface area contributed by atoms with Crippen LogP contribution >= 0.6 is 0 Å². The Morgan fingerprint density at radius 3 is 2.36 bits per heavy atom. The lowest BCUT2D eigenvalue weighted by Gasteiger charge is -2.08. The van der Waals surface area contributed by atoms with Gasteiger partial charge in [-0.25, -0.2) is 14.6 Å². The molecule has 0 aromatic heterocycles. The summed E-state index contributed by atoms with van der Waals surface area (Å²) in [5.41, 5.74) is 0.636. The molecular weight excluding hydrogens is 324 g/mol. The molecule has 134 valence electrons. The molecule has 0 amide bonds. The normalized spacial score (nSPS) is 12.6. The molecule has 7 nitrogen and oxygen atoms in total. The second-order valence-electron chi connectivity index (χ2n) is 5.29. The van der Waals surface area contributed by atoms with Gasteiger partial charge in [0, 0.05) is 26.5 Å². The van der Waals surface area contributed by atoms with Crippen molar-refractivity contribution in [3.63, 3.8) is 0 Å². The lowest BCUT2D eigenvalue weighted by Crippen LogP contribution is -2.13. The van der Waals surface area contributed by atoms with E-state index in [0.717, 1.165) is 11.8 Å². The largest absolute Gasteiger partial charge is 0.512 e. The number of nitrogens with zero attached hydrogens (tertiary/aromatic N) is 2. The molecular formula is C18H22N2O5. The van der Waals surface area contributed by atoms with Gasteiger partial charge in [0.2, 0.25) is 0 Å². The molecule has 0 aliphatic heterocycles. The van der Waals surface area contributed by atoms with Crippen LogP contribution in [0.25, 0.3) is 0 Å². The number of rotatable bonds is 7. The summed E-state index contributed by atoms with van der Waals surface area (Å²) in [5, 5.41) is 9.71. The predicted molar refractivity (Wildman–Crippen MR) is 93.8 cm³/mol. The molecule has 0 saturated carbocycles. The molecule has 1 aromatic rings. The summed E-state index contributed by atoms with van der Waals surface area (Å²) < 4.78 is 9.79. The predicted octanol–water partition coefficient (Wildman–Crippen LogP) is 2.21. The van der Waals surface area contributed by atoms with Crippen molar-refractivity contribution in [2.45, 2.75) is 13.5 Å². The second-order valence-corrected chi connectivity index (χ2v) is 5.29. The van der Waals surface area contributed by atoms with Crippen molar-refractivity contribution >= 4 is 18.2 Å². The molecule has 0 heterocycles. The van der Waals surface area contributed by atoms with Crippen LogP contribution in [-0.2, 0) is 25.7 Å². The maximum absolute atomic E-state index is 12.2. The zero-order valence-electron chi connectivity index (χ0n) is 14.7. The number of aliphatic imine (C=N–C) groups is 1. The highest BCUT2D eigenvalue weighted by Gasteiger charge is 2.15. The number of aliphatic hydroxyl groups excluding tert-OH is 1. The van der Waals surface area contributed by atoms with Gasteiger partial charge in [0.15, 0.2) is 5.70 Å². The van der Waals surface area contributed by atoms with Gasteiger partial charge >= 0.3 is 11.9 Å². The minimum absolute atomic E-state index is 0.0258. The molecule has 7 heteroatoms. The third-order valence-corrected chi connectivity index (χ3v) is 2.93. The Morgan fingerprint density at radius 2 is 1.84 bits per heavy atom. The van der Waals surface area contributed by atoms with Crippen LogP contribution in [0.2, 0.25) is 0 Å². The summed E-state index contributed by atoms with van der Waals surface area (Å²) in [6.45, 7) is 1.39. The van der Waals surface area contributed by atoms with Crippen LogP contribution in [0.4, 0.5) is 0 Å². The number of aliphatic hydroxyl groups is 1. The van der Waals surface area contributed by atoms with E-state index in [1.807, 2.05) is 30.3 Å². The Morgan fingerprint density at radius 1 is 1.20 bits per heavy atom. The fourth-order valence-electron chi connectivity index (χ4n) is 1.72. The van der Waals surface area contributed by atoms with E-state index in [0.29, 0.717) is 0 Å². The standard InChI is InChI=1S/C18H22N2O5/c1-13(21)15(10-19-16(11-20(2)3)18(23)24-4)17(22)25-12-14-8-6-5-7-9-14/h5-11,21H,12H2,1-4H3/b15-13+,16-11+,19-10+. The van der Waals surface area contributed by atoms with Crippen LogP contribution < -0.4 is 0 Å². The summed E-state index contributed by atoms with van der Waals surface area (Å²) >= 11 is 0. The molecule has 0 radical (unpaired) electrons. The van der Waals surface area contributed by atoms with E-state index in [2.05, 4.69) is 9.73 Å². The number of allylic oxidation sites excluding steroid dienone is 1. The van der Waals surface area contributed by atoms with Gasteiger partial charge in [-0.2, -0.15) is 0 Å². The van der Waals surface area contributed by atoms with E-state index >= 15 is 0 Å². The third kappa shape index (κ3) is 6.90. The summed E-state index contributed by atoms with van der Waals surface area (Å²) in [6.07, 6.45) is 2.51. The highest BCUT2D eigenvalue weighted by molar-refractivity contribution is 6.10. The minimum Gasteiger partial charge on any atom is -0.512 e. The number of carbonyl (C=O) groups is 2. The highest BCUT2D eigenvalue weighted by Crippen LogP contribution is 2.08. The highest BCUT2D eigenvalue weighted by atomic mass is 16.5. The Hall–Kier alpha value is -3.09. The molecule has 1 rings (SSSR count). The van der Waals surface area contributed by atoms with Gasteiger partial charge in [-0.05, 0) is 12.5 Å². The average molecular weight is 346 g/mol. The molecule has 1 N–H and O–H groups in total. The van der Waals surface area contributed by atoms with Crippen molar-refractivity contribution in [3.05, 3.63) is 59.1 Å². The number of benzene rings is 1. The van der Waals surface area contributed by atoms with Gasteiger partial charge < -0.3 is 19.5 Å². The van der Waals surface area contributed by atoms with Crippen molar-refractivity contribution < 1.29 is 24.2 Å². The van der Waals surface area contributed by atoms with Crippen molar-refractivity contribution in [3.8, 4) is 0 Å². The Kier molecular flexibility index (Phi) is 7.92. The van der Waals surface area contributed by atoms with Crippen LogP contribution in [0, 0.1) is 0 Å². The Balaban J connectivity index is 2.90. The van der Waals surface area contributed by atoms with E-state index in [1.54, 1.807) is 19.0 Å². The van der Waals surface area contributed by atoms with E-state index in [1.165, 1.54) is 20.2 Å². The lowest BCUT2D eigenvalue weighted by molar-refractivity contribution is -0.140. The molecule has 0 atom stereocenters. The van der Waals surface area contributed by atoms with E-state index in [4.69, 9.17) is 4.74 Å². The van der Waals surface area contributed by atoms with Crippen LogP contribution in [0.15, 0.2) is 58.6 Å². The Labute approximate surface area is 146 Å². The number of hydrogen-bond donors (Lipinski definition) is 1. The average Bonchev–Trinajstić information content (AvgIpc) is 2.58. The number of ether oxygens (including phenoxy) is 2. The molecule has 0 fully saturated rings. The van der Waals surface area contributed by atoms with Gasteiger partial charge in [-0.15, -0.1) is 0 Å². The molecule has 0 saturated heterocycles. The van der Waals surface area contributed by atoms with E-state index in [9.17, 15) is 14.7 Å². The van der Waals surface area contributed by atoms with Crippen LogP contribution in [0.1, 0.15) is 12.5 Å². The minimum atomic E-state index is -0.748. The van der Waals surface area contributed by atoms with E-state index < -0.39 is 11.9 Å². The lowest BCUT2D eigenvalue weighted by atomic mass is 10.2. The zero-order valence-corrected chi connectivity index (χ0v) is 14.7. The molecule has 25 heavy (non-hydrogen) atoms. The van der Waals surface area contributed by atoms with Crippen LogP contribution in [-0.4, -0.2) is 49.4 Å². The third-order valence-electron chi connectivity index (χ3n) is 2.93. The van der Waals surface area contributed by atoms with Gasteiger partial charge in [-0.1, -0.05) is 30.3 Å². The first kappa shape index (κ1) is 20.0. The molecule has 0 spiro atoms. The topological polar surface area (TPSA) is 88.4 Å². The first-order valence-corrected chi connectivity index (χ1v) is 7.46. The van der Waals surface area contributed by atoms with Gasteiger partial charge in [0.25, 0.3) is 0 Å².